The molecule has 0 spiro atoms. The van der Waals surface area contributed by atoms with Crippen molar-refractivity contribution < 1.29 is 26.6 Å². The van der Waals surface area contributed by atoms with Gasteiger partial charge < -0.3 is 9.16 Å². The predicted molar refractivity (Wildman–Crippen MR) is 127 cm³/mol. The number of carbonyl (C=O) groups is 1. The van der Waals surface area contributed by atoms with Crippen LogP contribution < -0.4 is 10.4 Å². The first-order valence-corrected chi connectivity index (χ1v) is 14.2. The number of ether oxygens (including phenoxy) is 1. The molecule has 0 aliphatic heterocycles. The van der Waals surface area contributed by atoms with E-state index < -0.39 is 36.6 Å². The molecule has 6 nitrogen and oxygen atoms in total. The average molecular weight is 475 g/mol. The van der Waals surface area contributed by atoms with E-state index in [1.54, 1.807) is 6.08 Å². The first-order valence-electron chi connectivity index (χ1n) is 10.4. The lowest BCUT2D eigenvalue weighted by Crippen LogP contribution is -2.67. The molecule has 3 rings (SSSR count). The lowest BCUT2D eigenvalue weighted by atomic mass is 10.2. The molecule has 2 aromatic rings. The third-order valence-electron chi connectivity index (χ3n) is 5.62. The van der Waals surface area contributed by atoms with Crippen molar-refractivity contribution in [2.24, 2.45) is 0 Å². The van der Waals surface area contributed by atoms with Gasteiger partial charge in [-0.2, -0.15) is 8.42 Å². The van der Waals surface area contributed by atoms with Crippen LogP contribution in [0.3, 0.4) is 0 Å². The number of rotatable bonds is 7. The van der Waals surface area contributed by atoms with Crippen LogP contribution in [0, 0.1) is 0 Å². The second-order valence-electron chi connectivity index (χ2n) is 8.96. The van der Waals surface area contributed by atoms with E-state index in [1.165, 1.54) is 7.11 Å². The van der Waals surface area contributed by atoms with Gasteiger partial charge in [-0.1, -0.05) is 81.4 Å². The zero-order valence-electron chi connectivity index (χ0n) is 19.1. The van der Waals surface area contributed by atoms with Crippen molar-refractivity contribution in [2.45, 2.75) is 44.4 Å². The van der Waals surface area contributed by atoms with Crippen molar-refractivity contribution in [1.82, 2.24) is 0 Å². The van der Waals surface area contributed by atoms with Crippen LogP contribution in [0.1, 0.15) is 27.2 Å². The normalized spacial score (nSPS) is 19.5. The maximum Gasteiger partial charge on any atom is 0.336 e. The van der Waals surface area contributed by atoms with E-state index in [1.807, 2.05) is 36.4 Å². The standard InChI is InChI=1S/C24H30O6SSi/c1-24(2,3)32(19-12-8-6-9-13-19,20-14-10-7-11-15-20)30-18-16-21(23(25)28-4)22(17-18)29-31(5,26)27/h6-16,18,22H,17H2,1-5H3/t18-,22-/m0/s1. The summed E-state index contributed by atoms with van der Waals surface area (Å²) in [6, 6.07) is 20.2. The van der Waals surface area contributed by atoms with Crippen LogP contribution in [-0.4, -0.2) is 48.3 Å². The quantitative estimate of drug-likeness (QED) is 0.349. The Morgan fingerprint density at radius 1 is 0.969 bits per heavy atom. The zero-order valence-corrected chi connectivity index (χ0v) is 20.9. The molecular formula is C24H30O6SSi. The number of hydrogen-bond donors (Lipinski definition) is 0. The maximum atomic E-state index is 12.3. The predicted octanol–water partition coefficient (Wildman–Crippen LogP) is 2.78. The van der Waals surface area contributed by atoms with Crippen LogP contribution in [0.4, 0.5) is 0 Å². The van der Waals surface area contributed by atoms with E-state index in [0.29, 0.717) is 0 Å². The average Bonchev–Trinajstić information content (AvgIpc) is 3.12. The third-order valence-corrected chi connectivity index (χ3v) is 11.3. The van der Waals surface area contributed by atoms with Crippen molar-refractivity contribution in [1.29, 1.82) is 0 Å². The summed E-state index contributed by atoms with van der Waals surface area (Å²) < 4.78 is 40.7. The summed E-state index contributed by atoms with van der Waals surface area (Å²) in [5.41, 5.74) is 0.167. The molecule has 0 N–H and O–H groups in total. The summed E-state index contributed by atoms with van der Waals surface area (Å²) in [6.07, 6.45) is 1.38. The second-order valence-corrected chi connectivity index (χ2v) is 14.8. The highest BCUT2D eigenvalue weighted by Gasteiger charge is 2.52. The van der Waals surface area contributed by atoms with Crippen molar-refractivity contribution in [3.8, 4) is 0 Å². The van der Waals surface area contributed by atoms with E-state index in [2.05, 4.69) is 45.0 Å². The molecule has 2 atom stereocenters. The van der Waals surface area contributed by atoms with Crippen LogP contribution in [-0.2, 0) is 28.3 Å². The Kier molecular flexibility index (Phi) is 7.09. The first-order chi connectivity index (χ1) is 15.0. The van der Waals surface area contributed by atoms with Crippen molar-refractivity contribution >= 4 is 34.8 Å². The molecule has 8 heteroatoms. The fourth-order valence-electron chi connectivity index (χ4n) is 4.33. The Labute approximate surface area is 191 Å². The van der Waals surface area contributed by atoms with Crippen LogP contribution in [0.5, 0.6) is 0 Å². The Hall–Kier alpha value is -2.26. The van der Waals surface area contributed by atoms with Gasteiger partial charge in [0.2, 0.25) is 0 Å². The lowest BCUT2D eigenvalue weighted by molar-refractivity contribution is -0.136. The van der Waals surface area contributed by atoms with Crippen molar-refractivity contribution in [3.05, 3.63) is 72.3 Å². The Balaban J connectivity index is 2.11. The number of esters is 1. The molecule has 0 saturated carbocycles. The topological polar surface area (TPSA) is 78.9 Å². The molecule has 172 valence electrons. The minimum atomic E-state index is -3.77. The zero-order chi connectivity index (χ0) is 23.6. The van der Waals surface area contributed by atoms with E-state index >= 15 is 0 Å². The SMILES string of the molecule is COC(=O)C1=C[C@H](O[Si](c2ccccc2)(c2ccccc2)C(C)(C)C)C[C@@H]1OS(C)(=O)=O. The summed E-state index contributed by atoms with van der Waals surface area (Å²) in [6.45, 7) is 6.47. The van der Waals surface area contributed by atoms with E-state index in [9.17, 15) is 13.2 Å². The summed E-state index contributed by atoms with van der Waals surface area (Å²) >= 11 is 0. The molecule has 0 radical (unpaired) electrons. The second kappa shape index (κ2) is 9.31. The molecule has 0 unspecified atom stereocenters. The van der Waals surface area contributed by atoms with Crippen LogP contribution >= 0.6 is 0 Å². The summed E-state index contributed by atoms with van der Waals surface area (Å²) in [4.78, 5) is 12.3. The molecule has 0 fully saturated rings. The van der Waals surface area contributed by atoms with Crippen molar-refractivity contribution in [3.63, 3.8) is 0 Å². The molecule has 0 heterocycles. The molecule has 0 aromatic heterocycles. The van der Waals surface area contributed by atoms with E-state index in [0.717, 1.165) is 16.6 Å². The third kappa shape index (κ3) is 5.04. The maximum absolute atomic E-state index is 12.3. The smallest absolute Gasteiger partial charge is 0.336 e. The Morgan fingerprint density at radius 2 is 1.47 bits per heavy atom. The summed E-state index contributed by atoms with van der Waals surface area (Å²) in [7, 11) is -5.39. The van der Waals surface area contributed by atoms with Crippen molar-refractivity contribution in [2.75, 3.05) is 13.4 Å². The van der Waals surface area contributed by atoms with Gasteiger partial charge in [0.05, 0.1) is 25.0 Å². The van der Waals surface area contributed by atoms with Crippen LogP contribution in [0.2, 0.25) is 5.04 Å². The molecule has 1 aliphatic carbocycles. The van der Waals surface area contributed by atoms with Gasteiger partial charge in [-0.05, 0) is 21.5 Å². The Bertz CT molecular complexity index is 1030. The first kappa shape index (κ1) is 24.4. The summed E-state index contributed by atoms with van der Waals surface area (Å²) in [5, 5.41) is 1.93. The van der Waals surface area contributed by atoms with Gasteiger partial charge in [0, 0.05) is 6.42 Å². The van der Waals surface area contributed by atoms with Gasteiger partial charge in [-0.15, -0.1) is 0 Å². The summed E-state index contributed by atoms with van der Waals surface area (Å²) in [5.74, 6) is -0.618. The minimum absolute atomic E-state index is 0.167. The number of benzene rings is 2. The largest absolute Gasteiger partial charge is 0.466 e. The fourth-order valence-corrected chi connectivity index (χ4v) is 9.57. The van der Waals surface area contributed by atoms with Gasteiger partial charge in [-0.3, -0.25) is 4.18 Å². The monoisotopic (exact) mass is 474 g/mol. The van der Waals surface area contributed by atoms with Gasteiger partial charge >= 0.3 is 5.97 Å². The Morgan fingerprint density at radius 3 is 1.88 bits per heavy atom. The molecule has 32 heavy (non-hydrogen) atoms. The molecule has 1 aliphatic rings. The molecule has 0 saturated heterocycles. The minimum Gasteiger partial charge on any atom is -0.466 e. The van der Waals surface area contributed by atoms with Gasteiger partial charge in [0.25, 0.3) is 18.4 Å². The number of methoxy groups -OCH3 is 1. The molecule has 0 bridgehead atoms. The molecule has 0 amide bonds. The van der Waals surface area contributed by atoms with E-state index in [4.69, 9.17) is 13.3 Å². The van der Waals surface area contributed by atoms with Gasteiger partial charge in [0.15, 0.2) is 0 Å². The molecular weight excluding hydrogens is 444 g/mol. The number of hydrogen-bond acceptors (Lipinski definition) is 6. The van der Waals surface area contributed by atoms with Crippen LogP contribution in [0.25, 0.3) is 0 Å². The van der Waals surface area contributed by atoms with Gasteiger partial charge in [-0.25, -0.2) is 4.79 Å². The van der Waals surface area contributed by atoms with Gasteiger partial charge in [0.1, 0.15) is 6.10 Å². The lowest BCUT2D eigenvalue weighted by Gasteiger charge is -2.44. The van der Waals surface area contributed by atoms with E-state index in [-0.39, 0.29) is 17.0 Å². The number of carbonyl (C=O) groups excluding carboxylic acids is 1. The van der Waals surface area contributed by atoms with Crippen LogP contribution in [0.15, 0.2) is 72.3 Å². The highest BCUT2D eigenvalue weighted by Crippen LogP contribution is 2.39. The fraction of sp³-hybridized carbons (Fsp3) is 0.375. The highest BCUT2D eigenvalue weighted by atomic mass is 32.2. The molecule has 2 aromatic carbocycles. The highest BCUT2D eigenvalue weighted by molar-refractivity contribution is 7.86.